The number of oxazole rings is 1. The van der Waals surface area contributed by atoms with Crippen molar-refractivity contribution in [2.45, 2.75) is 38.5 Å². The molecule has 1 fully saturated rings. The second-order valence-corrected chi connectivity index (χ2v) is 9.76. The Balaban J connectivity index is 1.16. The minimum absolute atomic E-state index is 0.0841. The first kappa shape index (κ1) is 23.3. The van der Waals surface area contributed by atoms with Crippen LogP contribution in [0.3, 0.4) is 0 Å². The lowest BCUT2D eigenvalue weighted by molar-refractivity contribution is -0.120. The van der Waals surface area contributed by atoms with Crippen LogP contribution in [0.1, 0.15) is 42.7 Å². The molecule has 3 N–H and O–H groups in total. The van der Waals surface area contributed by atoms with Crippen LogP contribution in [0.4, 0.5) is 0 Å². The summed E-state index contributed by atoms with van der Waals surface area (Å²) in [5.41, 5.74) is 11.9. The number of carbonyl (C=O) groups excluding carboxylic acids is 1. The zero-order chi connectivity index (χ0) is 24.0. The first-order valence-corrected chi connectivity index (χ1v) is 12.7. The highest BCUT2D eigenvalue weighted by Crippen LogP contribution is 2.28. The number of nitrogens with two attached hydrogens (primary N) is 1. The van der Waals surface area contributed by atoms with Gasteiger partial charge < -0.3 is 15.5 Å². The molecule has 1 saturated carbocycles. The molecule has 5 nitrogen and oxygen atoms in total. The molecule has 35 heavy (non-hydrogen) atoms. The lowest BCUT2D eigenvalue weighted by Crippen LogP contribution is -2.34. The molecule has 0 radical (unpaired) electrons. The van der Waals surface area contributed by atoms with E-state index in [0.29, 0.717) is 30.6 Å². The van der Waals surface area contributed by atoms with Crippen LogP contribution >= 0.6 is 0 Å². The molecule has 0 spiro atoms. The van der Waals surface area contributed by atoms with E-state index in [0.717, 1.165) is 52.9 Å². The van der Waals surface area contributed by atoms with Crippen LogP contribution in [0.5, 0.6) is 0 Å². The van der Waals surface area contributed by atoms with Crippen molar-refractivity contribution in [2.24, 2.45) is 17.6 Å². The Hall–Kier alpha value is -3.44. The Labute approximate surface area is 206 Å². The van der Waals surface area contributed by atoms with E-state index in [1.807, 2.05) is 36.4 Å². The van der Waals surface area contributed by atoms with Crippen molar-refractivity contribution in [3.05, 3.63) is 89.8 Å². The molecule has 0 bridgehead atoms. The van der Waals surface area contributed by atoms with Crippen LogP contribution in [0.15, 0.2) is 77.2 Å². The van der Waals surface area contributed by atoms with Crippen molar-refractivity contribution >= 4 is 17.0 Å². The highest BCUT2D eigenvalue weighted by atomic mass is 16.3. The average molecular weight is 468 g/mol. The summed E-state index contributed by atoms with van der Waals surface area (Å²) in [6.07, 6.45) is 5.79. The van der Waals surface area contributed by atoms with Gasteiger partial charge in [0.25, 0.3) is 0 Å². The van der Waals surface area contributed by atoms with Gasteiger partial charge in [-0.15, -0.1) is 0 Å². The molecule has 1 aliphatic rings. The van der Waals surface area contributed by atoms with E-state index in [4.69, 9.17) is 15.1 Å². The van der Waals surface area contributed by atoms with Gasteiger partial charge in [-0.05, 0) is 72.0 Å². The maximum absolute atomic E-state index is 12.5. The second-order valence-electron chi connectivity index (χ2n) is 9.76. The number of carbonyl (C=O) groups is 1. The molecule has 1 aromatic heterocycles. The molecule has 2 unspecified atom stereocenters. The van der Waals surface area contributed by atoms with Gasteiger partial charge >= 0.3 is 0 Å². The molecule has 1 amide bonds. The lowest BCUT2D eigenvalue weighted by atomic mass is 9.81. The van der Waals surface area contributed by atoms with Crippen molar-refractivity contribution in [3.8, 4) is 11.1 Å². The van der Waals surface area contributed by atoms with Gasteiger partial charge in [0.15, 0.2) is 11.5 Å². The summed E-state index contributed by atoms with van der Waals surface area (Å²) < 4.78 is 5.98. The largest absolute Gasteiger partial charge is 0.440 e. The molecule has 0 aliphatic heterocycles. The van der Waals surface area contributed by atoms with Crippen LogP contribution < -0.4 is 11.1 Å². The van der Waals surface area contributed by atoms with Crippen LogP contribution in [-0.4, -0.2) is 24.0 Å². The molecular weight excluding hydrogens is 434 g/mol. The number of nitrogens with one attached hydrogen (secondary N) is 1. The van der Waals surface area contributed by atoms with Crippen molar-refractivity contribution < 1.29 is 9.21 Å². The van der Waals surface area contributed by atoms with Gasteiger partial charge in [0.1, 0.15) is 5.52 Å². The van der Waals surface area contributed by atoms with Crippen molar-refractivity contribution in [3.63, 3.8) is 0 Å². The number of nitrogens with zero attached hydrogens (tertiary/aromatic N) is 1. The number of benzene rings is 3. The summed E-state index contributed by atoms with van der Waals surface area (Å²) >= 11 is 0. The fourth-order valence-electron chi connectivity index (χ4n) is 5.12. The molecule has 2 atom stereocenters. The quantitative estimate of drug-likeness (QED) is 0.358. The zero-order valence-corrected chi connectivity index (χ0v) is 20.1. The number of aromatic nitrogens is 1. The third-order valence-electron chi connectivity index (χ3n) is 7.09. The molecule has 1 heterocycles. The summed E-state index contributed by atoms with van der Waals surface area (Å²) in [6, 6.07) is 24.6. The van der Waals surface area contributed by atoms with Crippen molar-refractivity contribution in [1.29, 1.82) is 0 Å². The fourth-order valence-corrected chi connectivity index (χ4v) is 5.12. The number of hydrogen-bond acceptors (Lipinski definition) is 4. The summed E-state index contributed by atoms with van der Waals surface area (Å²) in [7, 11) is 0. The topological polar surface area (TPSA) is 81.1 Å². The second kappa shape index (κ2) is 10.9. The SMILES string of the molecule is NCC1CCCC(CNC(=O)Cc2ccc(Cc3nc4cc(-c5ccccc5)ccc4o3)cc2)C1. The minimum Gasteiger partial charge on any atom is -0.440 e. The molecule has 1 aliphatic carbocycles. The molecule has 5 rings (SSSR count). The lowest BCUT2D eigenvalue weighted by Gasteiger charge is -2.28. The maximum atomic E-state index is 12.5. The van der Waals surface area contributed by atoms with Gasteiger partial charge in [0.05, 0.1) is 6.42 Å². The molecule has 0 saturated heterocycles. The summed E-state index contributed by atoms with van der Waals surface area (Å²) in [5, 5.41) is 3.13. The third kappa shape index (κ3) is 5.98. The Morgan fingerprint density at radius 2 is 1.71 bits per heavy atom. The van der Waals surface area contributed by atoms with Crippen LogP contribution in [0.25, 0.3) is 22.2 Å². The number of rotatable bonds is 8. The van der Waals surface area contributed by atoms with E-state index in [2.05, 4.69) is 41.7 Å². The van der Waals surface area contributed by atoms with Gasteiger partial charge in [0.2, 0.25) is 5.91 Å². The molecule has 4 aromatic rings. The molecule has 5 heteroatoms. The number of amides is 1. The summed E-state index contributed by atoms with van der Waals surface area (Å²) in [6.45, 7) is 1.52. The molecule has 3 aromatic carbocycles. The fraction of sp³-hybridized carbons (Fsp3) is 0.333. The van der Waals surface area contributed by atoms with Crippen molar-refractivity contribution in [1.82, 2.24) is 10.3 Å². The predicted molar refractivity (Wildman–Crippen MR) is 140 cm³/mol. The summed E-state index contributed by atoms with van der Waals surface area (Å²) in [4.78, 5) is 17.2. The predicted octanol–water partition coefficient (Wildman–Crippen LogP) is 5.51. The molecule has 180 valence electrons. The first-order chi connectivity index (χ1) is 17.2. The Morgan fingerprint density at radius 1 is 0.943 bits per heavy atom. The van der Waals surface area contributed by atoms with Crippen molar-refractivity contribution in [2.75, 3.05) is 13.1 Å². The first-order valence-electron chi connectivity index (χ1n) is 12.7. The van der Waals surface area contributed by atoms with Crippen LogP contribution in [0, 0.1) is 11.8 Å². The third-order valence-corrected chi connectivity index (χ3v) is 7.09. The maximum Gasteiger partial charge on any atom is 0.224 e. The number of fused-ring (bicyclic) bond motifs is 1. The van der Waals surface area contributed by atoms with Gasteiger partial charge in [0, 0.05) is 13.0 Å². The van der Waals surface area contributed by atoms with Gasteiger partial charge in [-0.3, -0.25) is 4.79 Å². The van der Waals surface area contributed by atoms with E-state index in [1.165, 1.54) is 19.3 Å². The minimum atomic E-state index is 0.0841. The van der Waals surface area contributed by atoms with E-state index >= 15 is 0 Å². The Kier molecular flexibility index (Phi) is 7.24. The molecular formula is C30H33N3O2. The van der Waals surface area contributed by atoms with E-state index in [9.17, 15) is 4.79 Å². The van der Waals surface area contributed by atoms with Gasteiger partial charge in [-0.2, -0.15) is 0 Å². The Morgan fingerprint density at radius 3 is 2.51 bits per heavy atom. The highest BCUT2D eigenvalue weighted by Gasteiger charge is 2.21. The number of hydrogen-bond donors (Lipinski definition) is 2. The zero-order valence-electron chi connectivity index (χ0n) is 20.1. The monoisotopic (exact) mass is 467 g/mol. The Bertz CT molecular complexity index is 1260. The smallest absolute Gasteiger partial charge is 0.224 e. The standard InChI is InChI=1S/C30H33N3O2/c31-19-23-5-4-6-24(15-23)20-32-29(34)16-21-9-11-22(12-10-21)17-30-33-27-18-26(13-14-28(27)35-30)25-7-2-1-3-8-25/h1-3,7-14,18,23-24H,4-6,15-17,19-20,31H2,(H,32,34). The van der Waals surface area contributed by atoms with E-state index < -0.39 is 0 Å². The van der Waals surface area contributed by atoms with E-state index in [-0.39, 0.29) is 5.91 Å². The highest BCUT2D eigenvalue weighted by molar-refractivity contribution is 5.80. The average Bonchev–Trinajstić information content (AvgIpc) is 3.31. The van der Waals surface area contributed by atoms with Crippen LogP contribution in [0.2, 0.25) is 0 Å². The van der Waals surface area contributed by atoms with Crippen LogP contribution in [-0.2, 0) is 17.6 Å². The van der Waals surface area contributed by atoms with Gasteiger partial charge in [-0.25, -0.2) is 4.98 Å². The summed E-state index contributed by atoms with van der Waals surface area (Å²) in [5.74, 6) is 1.95. The van der Waals surface area contributed by atoms with E-state index in [1.54, 1.807) is 0 Å². The normalized spacial score (nSPS) is 18.0. The van der Waals surface area contributed by atoms with Gasteiger partial charge in [-0.1, -0.05) is 67.1 Å².